The number of likely N-dealkylation sites (N-methyl/N-ethyl adjacent to an activating group) is 1. The summed E-state index contributed by atoms with van der Waals surface area (Å²) >= 11 is 0. The zero-order valence-electron chi connectivity index (χ0n) is 12.3. The topological polar surface area (TPSA) is 71.2 Å². The van der Waals surface area contributed by atoms with Gasteiger partial charge >= 0.3 is 0 Å². The average Bonchev–Trinajstić information content (AvgIpc) is 2.48. The molecular weight excluding hydrogens is 264 g/mol. The van der Waals surface area contributed by atoms with Crippen LogP contribution in [-0.4, -0.2) is 22.8 Å². The summed E-state index contributed by atoms with van der Waals surface area (Å²) in [5.74, 6) is 5.08. The van der Waals surface area contributed by atoms with Crippen LogP contribution in [0.2, 0.25) is 0 Å². The van der Waals surface area contributed by atoms with Crippen LogP contribution < -0.4 is 11.3 Å². The molecule has 0 radical (unpaired) electrons. The number of hydrogen-bond acceptors (Lipinski definition) is 4. The van der Waals surface area contributed by atoms with Crippen molar-refractivity contribution in [3.63, 3.8) is 0 Å². The SMILES string of the molecule is Cc1cccc(CN(C)C(C(=O)NN)c2ccccc2)n1. The highest BCUT2D eigenvalue weighted by atomic mass is 16.2. The van der Waals surface area contributed by atoms with E-state index in [1.807, 2.05) is 67.4 Å². The van der Waals surface area contributed by atoms with E-state index >= 15 is 0 Å². The number of nitrogens with zero attached hydrogens (tertiary/aromatic N) is 2. The Balaban J connectivity index is 2.23. The molecule has 0 aliphatic heterocycles. The van der Waals surface area contributed by atoms with Crippen molar-refractivity contribution in [2.24, 2.45) is 5.84 Å². The molecule has 0 spiro atoms. The number of benzene rings is 1. The van der Waals surface area contributed by atoms with E-state index in [1.165, 1.54) is 0 Å². The maximum absolute atomic E-state index is 12.1. The zero-order chi connectivity index (χ0) is 15.2. The quantitative estimate of drug-likeness (QED) is 0.496. The van der Waals surface area contributed by atoms with Gasteiger partial charge in [-0.25, -0.2) is 5.84 Å². The minimum atomic E-state index is -0.446. The van der Waals surface area contributed by atoms with Crippen LogP contribution in [0.5, 0.6) is 0 Å². The van der Waals surface area contributed by atoms with E-state index in [-0.39, 0.29) is 5.91 Å². The Bertz CT molecular complexity index is 600. The van der Waals surface area contributed by atoms with E-state index < -0.39 is 6.04 Å². The van der Waals surface area contributed by atoms with Crippen molar-refractivity contribution in [3.8, 4) is 0 Å². The summed E-state index contributed by atoms with van der Waals surface area (Å²) in [5.41, 5.74) is 5.02. The number of nitrogens with two attached hydrogens (primary N) is 1. The summed E-state index contributed by atoms with van der Waals surface area (Å²) in [6.45, 7) is 2.51. The standard InChI is InChI=1S/C16H20N4O/c1-12-7-6-10-14(18-12)11-20(2)15(16(21)19-17)13-8-4-3-5-9-13/h3-10,15H,11,17H2,1-2H3,(H,19,21). The summed E-state index contributed by atoms with van der Waals surface area (Å²) in [6.07, 6.45) is 0. The summed E-state index contributed by atoms with van der Waals surface area (Å²) < 4.78 is 0. The first kappa shape index (κ1) is 15.2. The molecule has 3 N–H and O–H groups in total. The van der Waals surface area contributed by atoms with Crippen molar-refractivity contribution in [1.29, 1.82) is 0 Å². The number of hydrazine groups is 1. The minimum Gasteiger partial charge on any atom is -0.293 e. The highest BCUT2D eigenvalue weighted by Gasteiger charge is 2.24. The first-order valence-corrected chi connectivity index (χ1v) is 6.80. The molecule has 1 heterocycles. The molecule has 2 rings (SSSR count). The lowest BCUT2D eigenvalue weighted by atomic mass is 10.0. The molecule has 0 aliphatic rings. The van der Waals surface area contributed by atoms with Gasteiger partial charge in [-0.05, 0) is 31.7 Å². The van der Waals surface area contributed by atoms with Gasteiger partial charge in [0.15, 0.2) is 0 Å². The van der Waals surface area contributed by atoms with Crippen LogP contribution in [0.25, 0.3) is 0 Å². The molecule has 110 valence electrons. The molecule has 1 unspecified atom stereocenters. The van der Waals surface area contributed by atoms with Crippen LogP contribution in [0.1, 0.15) is 23.0 Å². The van der Waals surface area contributed by atoms with Crippen LogP contribution in [0, 0.1) is 6.92 Å². The predicted octanol–water partition coefficient (Wildman–Crippen LogP) is 1.55. The highest BCUT2D eigenvalue weighted by Crippen LogP contribution is 2.21. The third-order valence-electron chi connectivity index (χ3n) is 3.30. The van der Waals surface area contributed by atoms with Crippen molar-refractivity contribution < 1.29 is 4.79 Å². The van der Waals surface area contributed by atoms with Gasteiger partial charge in [0.2, 0.25) is 0 Å². The molecule has 1 atom stereocenters. The minimum absolute atomic E-state index is 0.239. The molecule has 1 amide bonds. The molecule has 21 heavy (non-hydrogen) atoms. The number of rotatable bonds is 5. The molecule has 0 bridgehead atoms. The summed E-state index contributed by atoms with van der Waals surface area (Å²) in [7, 11) is 1.89. The summed E-state index contributed by atoms with van der Waals surface area (Å²) in [6, 6.07) is 15.0. The number of amides is 1. The number of hydrogen-bond donors (Lipinski definition) is 2. The maximum Gasteiger partial charge on any atom is 0.255 e. The Morgan fingerprint density at radius 1 is 1.24 bits per heavy atom. The first-order valence-electron chi connectivity index (χ1n) is 6.80. The Morgan fingerprint density at radius 2 is 1.95 bits per heavy atom. The Morgan fingerprint density at radius 3 is 2.57 bits per heavy atom. The molecule has 0 saturated heterocycles. The predicted molar refractivity (Wildman–Crippen MR) is 82.0 cm³/mol. The lowest BCUT2D eigenvalue weighted by Gasteiger charge is -2.26. The third kappa shape index (κ3) is 3.87. The smallest absolute Gasteiger partial charge is 0.255 e. The molecule has 0 saturated carbocycles. The molecule has 5 heteroatoms. The van der Waals surface area contributed by atoms with E-state index in [0.29, 0.717) is 6.54 Å². The monoisotopic (exact) mass is 284 g/mol. The van der Waals surface area contributed by atoms with Gasteiger partial charge < -0.3 is 0 Å². The van der Waals surface area contributed by atoms with Crippen molar-refractivity contribution in [2.75, 3.05) is 7.05 Å². The average molecular weight is 284 g/mol. The van der Waals surface area contributed by atoms with Gasteiger partial charge in [0.25, 0.3) is 5.91 Å². The normalized spacial score (nSPS) is 12.2. The lowest BCUT2D eigenvalue weighted by Crippen LogP contribution is -2.41. The van der Waals surface area contributed by atoms with Gasteiger partial charge in [-0.1, -0.05) is 36.4 Å². The number of pyridine rings is 1. The van der Waals surface area contributed by atoms with Crippen molar-refractivity contribution in [3.05, 3.63) is 65.5 Å². The fraction of sp³-hybridized carbons (Fsp3) is 0.250. The second kappa shape index (κ2) is 6.97. The highest BCUT2D eigenvalue weighted by molar-refractivity contribution is 5.82. The van der Waals surface area contributed by atoms with Gasteiger partial charge in [-0.2, -0.15) is 0 Å². The van der Waals surface area contributed by atoms with Crippen molar-refractivity contribution in [1.82, 2.24) is 15.3 Å². The molecule has 0 fully saturated rings. The van der Waals surface area contributed by atoms with Crippen molar-refractivity contribution >= 4 is 5.91 Å². The Kier molecular flexibility index (Phi) is 5.03. The van der Waals surface area contributed by atoms with Crippen LogP contribution in [0.3, 0.4) is 0 Å². The van der Waals surface area contributed by atoms with E-state index in [1.54, 1.807) is 0 Å². The second-order valence-corrected chi connectivity index (χ2v) is 5.01. The number of nitrogens with one attached hydrogen (secondary N) is 1. The number of carbonyl (C=O) groups is 1. The molecule has 1 aromatic heterocycles. The lowest BCUT2D eigenvalue weighted by molar-refractivity contribution is -0.126. The van der Waals surface area contributed by atoms with Crippen LogP contribution in [-0.2, 0) is 11.3 Å². The zero-order valence-corrected chi connectivity index (χ0v) is 12.3. The molecule has 5 nitrogen and oxygen atoms in total. The van der Waals surface area contributed by atoms with Crippen molar-refractivity contribution in [2.45, 2.75) is 19.5 Å². The van der Waals surface area contributed by atoms with Gasteiger partial charge in [-0.15, -0.1) is 0 Å². The van der Waals surface area contributed by atoms with Gasteiger partial charge in [0.05, 0.1) is 5.69 Å². The molecule has 2 aromatic rings. The van der Waals surface area contributed by atoms with Crippen LogP contribution in [0.4, 0.5) is 0 Å². The van der Waals surface area contributed by atoms with Gasteiger partial charge in [-0.3, -0.25) is 20.1 Å². The Labute approximate surface area is 124 Å². The fourth-order valence-corrected chi connectivity index (χ4v) is 2.35. The largest absolute Gasteiger partial charge is 0.293 e. The van der Waals surface area contributed by atoms with Crippen LogP contribution in [0.15, 0.2) is 48.5 Å². The summed E-state index contributed by atoms with van der Waals surface area (Å²) in [5, 5.41) is 0. The van der Waals surface area contributed by atoms with Gasteiger partial charge in [0.1, 0.15) is 6.04 Å². The van der Waals surface area contributed by atoms with Crippen LogP contribution >= 0.6 is 0 Å². The molecular formula is C16H20N4O. The number of carbonyl (C=O) groups excluding carboxylic acids is 1. The number of aryl methyl sites for hydroxylation is 1. The second-order valence-electron chi connectivity index (χ2n) is 5.01. The third-order valence-corrected chi connectivity index (χ3v) is 3.30. The Hall–Kier alpha value is -2.24. The van der Waals surface area contributed by atoms with E-state index in [9.17, 15) is 4.79 Å². The van der Waals surface area contributed by atoms with E-state index in [0.717, 1.165) is 17.0 Å². The maximum atomic E-state index is 12.1. The molecule has 0 aliphatic carbocycles. The first-order chi connectivity index (χ1) is 10.1. The van der Waals surface area contributed by atoms with E-state index in [4.69, 9.17) is 5.84 Å². The summed E-state index contributed by atoms with van der Waals surface area (Å²) in [4.78, 5) is 18.5. The number of aromatic nitrogens is 1. The van der Waals surface area contributed by atoms with Gasteiger partial charge in [0, 0.05) is 12.2 Å². The van der Waals surface area contributed by atoms with E-state index in [2.05, 4.69) is 10.4 Å². The molecule has 1 aromatic carbocycles. The fourth-order valence-electron chi connectivity index (χ4n) is 2.35.